The molecule has 2 aromatic carbocycles. The van der Waals surface area contributed by atoms with E-state index < -0.39 is 0 Å². The van der Waals surface area contributed by atoms with Gasteiger partial charge in [-0.25, -0.2) is 0 Å². The zero-order valence-corrected chi connectivity index (χ0v) is 16.5. The summed E-state index contributed by atoms with van der Waals surface area (Å²) in [4.78, 5) is 30.2. The van der Waals surface area contributed by atoms with Crippen LogP contribution >= 0.6 is 0 Å². The van der Waals surface area contributed by atoms with Gasteiger partial charge in [-0.2, -0.15) is 5.06 Å². The predicted octanol–water partition coefficient (Wildman–Crippen LogP) is 3.91. The Morgan fingerprint density at radius 3 is 2.54 bits per heavy atom. The highest BCUT2D eigenvalue weighted by atomic mass is 16.7. The summed E-state index contributed by atoms with van der Waals surface area (Å²) in [6, 6.07) is 12.9. The molecule has 0 bridgehead atoms. The number of hydrogen-bond donors (Lipinski definition) is 2. The van der Waals surface area contributed by atoms with Gasteiger partial charge in [0.25, 0.3) is 5.91 Å². The second-order valence-electron chi connectivity index (χ2n) is 7.12. The quantitative estimate of drug-likeness (QED) is 0.796. The average Bonchev–Trinajstić information content (AvgIpc) is 2.70. The molecule has 6 heteroatoms. The summed E-state index contributed by atoms with van der Waals surface area (Å²) in [5.74, 6) is -0.248. The van der Waals surface area contributed by atoms with Crippen LogP contribution in [0.3, 0.4) is 0 Å². The molecule has 6 nitrogen and oxygen atoms in total. The topological polar surface area (TPSA) is 70.7 Å². The lowest BCUT2D eigenvalue weighted by atomic mass is 10.1. The number of carbonyl (C=O) groups excluding carboxylic acids is 2. The molecule has 1 heterocycles. The number of amides is 2. The number of anilines is 2. The molecule has 0 atom stereocenters. The van der Waals surface area contributed by atoms with E-state index in [4.69, 9.17) is 4.84 Å². The Morgan fingerprint density at radius 2 is 1.82 bits per heavy atom. The maximum Gasteiger partial charge on any atom is 0.255 e. The molecule has 0 unspecified atom stereocenters. The smallest absolute Gasteiger partial charge is 0.255 e. The molecule has 1 saturated heterocycles. The molecule has 0 aromatic heterocycles. The van der Waals surface area contributed by atoms with Gasteiger partial charge in [0, 0.05) is 36.4 Å². The molecule has 0 aliphatic carbocycles. The third-order valence-electron chi connectivity index (χ3n) is 4.75. The van der Waals surface area contributed by atoms with Crippen molar-refractivity contribution in [1.82, 2.24) is 5.06 Å². The largest absolute Gasteiger partial charge is 0.326 e. The van der Waals surface area contributed by atoms with Crippen LogP contribution in [-0.2, 0) is 9.63 Å². The van der Waals surface area contributed by atoms with Crippen molar-refractivity contribution in [2.45, 2.75) is 33.1 Å². The van der Waals surface area contributed by atoms with E-state index in [0.29, 0.717) is 29.9 Å². The summed E-state index contributed by atoms with van der Waals surface area (Å²) >= 11 is 0. The van der Waals surface area contributed by atoms with Crippen molar-refractivity contribution in [2.75, 3.05) is 30.3 Å². The molecule has 3 rings (SSSR count). The van der Waals surface area contributed by atoms with Crippen molar-refractivity contribution in [1.29, 1.82) is 0 Å². The van der Waals surface area contributed by atoms with Crippen molar-refractivity contribution >= 4 is 23.2 Å². The molecule has 1 aliphatic rings. The highest BCUT2D eigenvalue weighted by molar-refractivity contribution is 6.05. The van der Waals surface area contributed by atoms with Gasteiger partial charge in [-0.3, -0.25) is 14.4 Å². The number of hydroxylamine groups is 2. The molecule has 0 spiro atoms. The Kier molecular flexibility index (Phi) is 6.79. The maximum atomic E-state index is 12.5. The van der Waals surface area contributed by atoms with Crippen LogP contribution in [0.1, 0.15) is 40.7 Å². The van der Waals surface area contributed by atoms with E-state index in [-0.39, 0.29) is 11.8 Å². The monoisotopic (exact) mass is 381 g/mol. The summed E-state index contributed by atoms with van der Waals surface area (Å²) in [6.07, 6.45) is 2.53. The minimum absolute atomic E-state index is 0.0752. The fraction of sp³-hybridized carbons (Fsp3) is 0.364. The third-order valence-corrected chi connectivity index (χ3v) is 4.75. The van der Waals surface area contributed by atoms with Gasteiger partial charge in [-0.1, -0.05) is 23.8 Å². The van der Waals surface area contributed by atoms with Crippen LogP contribution in [0.2, 0.25) is 0 Å². The molecule has 28 heavy (non-hydrogen) atoms. The molecular formula is C22H27N3O3. The standard InChI is InChI=1S/C22H27N3O3/c1-16-5-8-18(9-6-16)22(27)24-20-15-19(10-7-17(20)2)23-21(26)11-13-25-12-3-4-14-28-25/h5-10,15H,3-4,11-14H2,1-2H3,(H,23,26)(H,24,27). The van der Waals surface area contributed by atoms with Crippen molar-refractivity contribution in [2.24, 2.45) is 0 Å². The molecule has 2 N–H and O–H groups in total. The summed E-state index contributed by atoms with van der Waals surface area (Å²) in [7, 11) is 0. The van der Waals surface area contributed by atoms with Gasteiger partial charge in [0.2, 0.25) is 5.91 Å². The Hall–Kier alpha value is -2.70. The van der Waals surface area contributed by atoms with Crippen LogP contribution in [-0.4, -0.2) is 36.6 Å². The van der Waals surface area contributed by atoms with Gasteiger partial charge >= 0.3 is 0 Å². The molecule has 1 aliphatic heterocycles. The highest BCUT2D eigenvalue weighted by Crippen LogP contribution is 2.21. The lowest BCUT2D eigenvalue weighted by molar-refractivity contribution is -0.181. The fourth-order valence-electron chi connectivity index (χ4n) is 3.01. The first kappa shape index (κ1) is 20.0. The van der Waals surface area contributed by atoms with Gasteiger partial charge in [0.1, 0.15) is 0 Å². The van der Waals surface area contributed by atoms with E-state index in [2.05, 4.69) is 10.6 Å². The van der Waals surface area contributed by atoms with E-state index in [0.717, 1.165) is 37.1 Å². The zero-order valence-electron chi connectivity index (χ0n) is 16.5. The second-order valence-corrected chi connectivity index (χ2v) is 7.12. The summed E-state index contributed by atoms with van der Waals surface area (Å²) in [6.45, 7) is 6.07. The van der Waals surface area contributed by atoms with Crippen LogP contribution in [0.25, 0.3) is 0 Å². The van der Waals surface area contributed by atoms with Crippen LogP contribution in [0.15, 0.2) is 42.5 Å². The van der Waals surface area contributed by atoms with E-state index in [1.807, 2.05) is 43.2 Å². The minimum Gasteiger partial charge on any atom is -0.326 e. The van der Waals surface area contributed by atoms with Gasteiger partial charge in [-0.15, -0.1) is 0 Å². The van der Waals surface area contributed by atoms with E-state index in [1.54, 1.807) is 18.2 Å². The first-order chi connectivity index (χ1) is 13.5. The lowest BCUT2D eigenvalue weighted by Crippen LogP contribution is -2.32. The SMILES string of the molecule is Cc1ccc(C(=O)Nc2cc(NC(=O)CCN3CCCCO3)ccc2C)cc1. The Balaban J connectivity index is 1.58. The molecule has 2 amide bonds. The fourth-order valence-corrected chi connectivity index (χ4v) is 3.01. The number of aryl methyl sites for hydroxylation is 2. The Labute approximate surface area is 165 Å². The van der Waals surface area contributed by atoms with Gasteiger partial charge < -0.3 is 10.6 Å². The predicted molar refractivity (Wildman–Crippen MR) is 110 cm³/mol. The highest BCUT2D eigenvalue weighted by Gasteiger charge is 2.13. The summed E-state index contributed by atoms with van der Waals surface area (Å²) < 4.78 is 0. The van der Waals surface area contributed by atoms with E-state index in [1.165, 1.54) is 0 Å². The molecule has 0 radical (unpaired) electrons. The average molecular weight is 381 g/mol. The van der Waals surface area contributed by atoms with Crippen LogP contribution in [0.4, 0.5) is 11.4 Å². The first-order valence-electron chi connectivity index (χ1n) is 9.67. The second kappa shape index (κ2) is 9.48. The number of nitrogens with one attached hydrogen (secondary N) is 2. The lowest BCUT2D eigenvalue weighted by Gasteiger charge is -2.25. The first-order valence-corrected chi connectivity index (χ1v) is 9.67. The van der Waals surface area contributed by atoms with E-state index >= 15 is 0 Å². The normalized spacial score (nSPS) is 14.5. The van der Waals surface area contributed by atoms with Gasteiger partial charge in [0.05, 0.1) is 6.61 Å². The van der Waals surface area contributed by atoms with E-state index in [9.17, 15) is 9.59 Å². The Bertz CT molecular complexity index is 827. The number of nitrogens with zero attached hydrogens (tertiary/aromatic N) is 1. The van der Waals surface area contributed by atoms with Crippen molar-refractivity contribution in [3.63, 3.8) is 0 Å². The third kappa shape index (κ3) is 5.65. The molecule has 2 aromatic rings. The van der Waals surface area contributed by atoms with Crippen molar-refractivity contribution in [3.8, 4) is 0 Å². The molecule has 0 saturated carbocycles. The number of hydrogen-bond acceptors (Lipinski definition) is 4. The van der Waals surface area contributed by atoms with Crippen molar-refractivity contribution < 1.29 is 14.4 Å². The summed E-state index contributed by atoms with van der Waals surface area (Å²) in [5.41, 5.74) is 3.98. The number of carbonyl (C=O) groups is 2. The van der Waals surface area contributed by atoms with Gasteiger partial charge in [0.15, 0.2) is 0 Å². The van der Waals surface area contributed by atoms with Crippen LogP contribution in [0.5, 0.6) is 0 Å². The van der Waals surface area contributed by atoms with Gasteiger partial charge in [-0.05, 0) is 56.5 Å². The maximum absolute atomic E-state index is 12.5. The molecule has 1 fully saturated rings. The molecule has 148 valence electrons. The summed E-state index contributed by atoms with van der Waals surface area (Å²) in [5, 5.41) is 7.67. The number of rotatable bonds is 6. The zero-order chi connectivity index (χ0) is 19.9. The molecular weight excluding hydrogens is 354 g/mol. The van der Waals surface area contributed by atoms with Crippen LogP contribution < -0.4 is 10.6 Å². The Morgan fingerprint density at radius 1 is 1.04 bits per heavy atom. The van der Waals surface area contributed by atoms with Crippen molar-refractivity contribution in [3.05, 3.63) is 59.2 Å². The van der Waals surface area contributed by atoms with Crippen LogP contribution in [0, 0.1) is 13.8 Å². The minimum atomic E-state index is -0.172. The number of benzene rings is 2.